The molecule has 2 aromatic carbocycles. The second-order valence-electron chi connectivity index (χ2n) is 5.30. The van der Waals surface area contributed by atoms with Crippen molar-refractivity contribution in [1.29, 1.82) is 0 Å². The SMILES string of the molecule is O=C1CC(Sc2nc3ccccc3o2)C(=O)N1c1ccc(Br)cc1. The lowest BCUT2D eigenvalue weighted by atomic mass is 10.3. The molecule has 4 rings (SSSR count). The molecule has 3 aromatic rings. The van der Waals surface area contributed by atoms with Crippen molar-refractivity contribution in [1.82, 2.24) is 4.98 Å². The molecule has 1 fully saturated rings. The van der Waals surface area contributed by atoms with Gasteiger partial charge in [0.15, 0.2) is 5.58 Å². The van der Waals surface area contributed by atoms with Crippen LogP contribution in [0.25, 0.3) is 11.1 Å². The third-order valence-electron chi connectivity index (χ3n) is 3.71. The molecule has 0 bridgehead atoms. The van der Waals surface area contributed by atoms with Gasteiger partial charge in [-0.15, -0.1) is 0 Å². The second-order valence-corrected chi connectivity index (χ2v) is 7.37. The van der Waals surface area contributed by atoms with Gasteiger partial charge in [-0.3, -0.25) is 9.59 Å². The molecular weight excluding hydrogens is 392 g/mol. The first-order chi connectivity index (χ1) is 11.6. The normalized spacial score (nSPS) is 17.9. The third kappa shape index (κ3) is 2.74. The Morgan fingerprint density at radius 1 is 1.12 bits per heavy atom. The Bertz CT molecular complexity index is 905. The topological polar surface area (TPSA) is 63.4 Å². The Hall–Kier alpha value is -2.12. The summed E-state index contributed by atoms with van der Waals surface area (Å²) in [4.78, 5) is 30.5. The lowest BCUT2D eigenvalue weighted by Crippen LogP contribution is -2.31. The molecule has 2 heterocycles. The molecule has 2 amide bonds. The fraction of sp³-hybridized carbons (Fsp3) is 0.118. The van der Waals surface area contributed by atoms with Crippen molar-refractivity contribution in [2.24, 2.45) is 0 Å². The van der Waals surface area contributed by atoms with Crippen molar-refractivity contribution in [3.05, 3.63) is 53.0 Å². The number of amides is 2. The minimum atomic E-state index is -0.519. The van der Waals surface area contributed by atoms with Crippen LogP contribution in [-0.2, 0) is 9.59 Å². The molecule has 0 aliphatic carbocycles. The van der Waals surface area contributed by atoms with E-state index < -0.39 is 5.25 Å². The molecule has 7 heteroatoms. The van der Waals surface area contributed by atoms with Gasteiger partial charge in [0.2, 0.25) is 11.8 Å². The zero-order chi connectivity index (χ0) is 16.7. The fourth-order valence-electron chi connectivity index (χ4n) is 2.58. The molecule has 24 heavy (non-hydrogen) atoms. The molecule has 1 unspecified atom stereocenters. The van der Waals surface area contributed by atoms with Gasteiger partial charge in [0.25, 0.3) is 5.22 Å². The Morgan fingerprint density at radius 2 is 1.88 bits per heavy atom. The first-order valence-electron chi connectivity index (χ1n) is 7.26. The van der Waals surface area contributed by atoms with Crippen LogP contribution in [0.1, 0.15) is 6.42 Å². The van der Waals surface area contributed by atoms with Gasteiger partial charge in [0.05, 0.1) is 5.69 Å². The van der Waals surface area contributed by atoms with Crippen LogP contribution < -0.4 is 4.90 Å². The summed E-state index contributed by atoms with van der Waals surface area (Å²) in [5, 5.41) is -0.116. The second kappa shape index (κ2) is 6.07. The molecule has 1 aromatic heterocycles. The summed E-state index contributed by atoms with van der Waals surface area (Å²) in [5.74, 6) is -0.453. The van der Waals surface area contributed by atoms with E-state index in [2.05, 4.69) is 20.9 Å². The molecule has 0 spiro atoms. The van der Waals surface area contributed by atoms with E-state index in [1.807, 2.05) is 24.3 Å². The maximum absolute atomic E-state index is 12.6. The Labute approximate surface area is 150 Å². The van der Waals surface area contributed by atoms with Crippen LogP contribution >= 0.6 is 27.7 Å². The van der Waals surface area contributed by atoms with Crippen LogP contribution in [0, 0.1) is 0 Å². The van der Waals surface area contributed by atoms with E-state index in [0.717, 1.165) is 9.99 Å². The van der Waals surface area contributed by atoms with E-state index in [1.54, 1.807) is 24.3 Å². The van der Waals surface area contributed by atoms with Gasteiger partial charge < -0.3 is 4.42 Å². The van der Waals surface area contributed by atoms with Gasteiger partial charge in [-0.05, 0) is 36.4 Å². The molecule has 0 saturated carbocycles. The quantitative estimate of drug-likeness (QED) is 0.619. The molecule has 0 N–H and O–H groups in total. The number of nitrogens with zero attached hydrogens (tertiary/aromatic N) is 2. The Morgan fingerprint density at radius 3 is 2.62 bits per heavy atom. The number of carbonyl (C=O) groups is 2. The molecular formula is C17H11BrN2O3S. The largest absolute Gasteiger partial charge is 0.431 e. The zero-order valence-electron chi connectivity index (χ0n) is 12.3. The van der Waals surface area contributed by atoms with Gasteiger partial charge in [-0.1, -0.05) is 39.8 Å². The lowest BCUT2D eigenvalue weighted by Gasteiger charge is -2.14. The molecule has 1 aliphatic rings. The smallest absolute Gasteiger partial charge is 0.257 e. The van der Waals surface area contributed by atoms with Crippen molar-refractivity contribution in [3.63, 3.8) is 0 Å². The number of benzene rings is 2. The van der Waals surface area contributed by atoms with Gasteiger partial charge >= 0.3 is 0 Å². The highest BCUT2D eigenvalue weighted by Crippen LogP contribution is 2.35. The minimum absolute atomic E-state index is 0.137. The van der Waals surface area contributed by atoms with E-state index >= 15 is 0 Å². The summed E-state index contributed by atoms with van der Waals surface area (Å²) in [5.41, 5.74) is 1.98. The number of fused-ring (bicyclic) bond motifs is 1. The number of hydrogen-bond donors (Lipinski definition) is 0. The molecule has 5 nitrogen and oxygen atoms in total. The predicted octanol–water partition coefficient (Wildman–Crippen LogP) is 4.01. The summed E-state index contributed by atoms with van der Waals surface area (Å²) >= 11 is 4.54. The number of rotatable bonds is 3. The summed E-state index contributed by atoms with van der Waals surface area (Å²) in [6.45, 7) is 0. The average Bonchev–Trinajstić information content (AvgIpc) is 3.09. The van der Waals surface area contributed by atoms with E-state index in [0.29, 0.717) is 16.5 Å². The standard InChI is InChI=1S/C17H11BrN2O3S/c18-10-5-7-11(8-6-10)20-15(21)9-14(16(20)22)24-17-19-12-3-1-2-4-13(12)23-17/h1-8,14H,9H2. The monoisotopic (exact) mass is 402 g/mol. The number of thioether (sulfide) groups is 1. The highest BCUT2D eigenvalue weighted by atomic mass is 79.9. The van der Waals surface area contributed by atoms with E-state index in [1.165, 1.54) is 16.7 Å². The van der Waals surface area contributed by atoms with E-state index in [9.17, 15) is 9.59 Å². The summed E-state index contributed by atoms with van der Waals surface area (Å²) in [6.07, 6.45) is 0.137. The first kappa shape index (κ1) is 15.4. The fourth-order valence-corrected chi connectivity index (χ4v) is 3.81. The summed E-state index contributed by atoms with van der Waals surface area (Å²) < 4.78 is 6.53. The van der Waals surface area contributed by atoms with Gasteiger partial charge in [0, 0.05) is 10.9 Å². The predicted molar refractivity (Wildman–Crippen MR) is 94.9 cm³/mol. The number of hydrogen-bond acceptors (Lipinski definition) is 5. The Kier molecular flexibility index (Phi) is 3.90. The highest BCUT2D eigenvalue weighted by Gasteiger charge is 2.41. The highest BCUT2D eigenvalue weighted by molar-refractivity contribution is 9.10. The van der Waals surface area contributed by atoms with Crippen LogP contribution in [-0.4, -0.2) is 22.0 Å². The Balaban J connectivity index is 1.57. The lowest BCUT2D eigenvalue weighted by molar-refractivity contribution is -0.121. The molecule has 1 aliphatic heterocycles. The molecule has 1 atom stereocenters. The van der Waals surface area contributed by atoms with Crippen LogP contribution in [0.5, 0.6) is 0 Å². The van der Waals surface area contributed by atoms with Crippen molar-refractivity contribution in [2.45, 2.75) is 16.9 Å². The number of aromatic nitrogens is 1. The van der Waals surface area contributed by atoms with Crippen LogP contribution in [0.2, 0.25) is 0 Å². The van der Waals surface area contributed by atoms with Crippen molar-refractivity contribution < 1.29 is 14.0 Å². The van der Waals surface area contributed by atoms with E-state index in [-0.39, 0.29) is 18.2 Å². The maximum atomic E-state index is 12.6. The number of para-hydroxylation sites is 2. The average molecular weight is 403 g/mol. The molecule has 0 radical (unpaired) electrons. The van der Waals surface area contributed by atoms with Crippen LogP contribution in [0.3, 0.4) is 0 Å². The van der Waals surface area contributed by atoms with Gasteiger partial charge in [0.1, 0.15) is 10.8 Å². The number of oxazole rings is 1. The van der Waals surface area contributed by atoms with Crippen molar-refractivity contribution >= 4 is 56.3 Å². The van der Waals surface area contributed by atoms with E-state index in [4.69, 9.17) is 4.42 Å². The number of imide groups is 1. The summed E-state index contributed by atoms with van der Waals surface area (Å²) in [6, 6.07) is 14.5. The number of halogens is 1. The molecule has 120 valence electrons. The van der Waals surface area contributed by atoms with Crippen LogP contribution in [0.15, 0.2) is 62.6 Å². The zero-order valence-corrected chi connectivity index (χ0v) is 14.7. The third-order valence-corrected chi connectivity index (χ3v) is 5.27. The summed E-state index contributed by atoms with van der Waals surface area (Å²) in [7, 11) is 0. The van der Waals surface area contributed by atoms with Gasteiger partial charge in [-0.2, -0.15) is 0 Å². The minimum Gasteiger partial charge on any atom is -0.431 e. The number of carbonyl (C=O) groups excluding carboxylic acids is 2. The van der Waals surface area contributed by atoms with Crippen molar-refractivity contribution in [3.8, 4) is 0 Å². The number of anilines is 1. The first-order valence-corrected chi connectivity index (χ1v) is 8.94. The van der Waals surface area contributed by atoms with Crippen LogP contribution in [0.4, 0.5) is 5.69 Å². The van der Waals surface area contributed by atoms with Gasteiger partial charge in [-0.25, -0.2) is 9.88 Å². The molecule has 1 saturated heterocycles. The van der Waals surface area contributed by atoms with Crippen molar-refractivity contribution in [2.75, 3.05) is 4.90 Å². The maximum Gasteiger partial charge on any atom is 0.257 e.